The number of carbonyl (C=O) groups is 2. The highest BCUT2D eigenvalue weighted by Gasteiger charge is 2.41. The first-order valence-corrected chi connectivity index (χ1v) is 12.8. The van der Waals surface area contributed by atoms with Gasteiger partial charge in [-0.25, -0.2) is 14.3 Å². The molecule has 2 aliphatic heterocycles. The third kappa shape index (κ3) is 5.39. The Morgan fingerprint density at radius 1 is 1.00 bits per heavy atom. The van der Waals surface area contributed by atoms with Gasteiger partial charge in [-0.2, -0.15) is 0 Å². The molecule has 0 saturated heterocycles. The number of thioether (sulfide) groups is 1. The first kappa shape index (κ1) is 23.9. The fourth-order valence-electron chi connectivity index (χ4n) is 4.21. The van der Waals surface area contributed by atoms with E-state index in [4.69, 9.17) is 9.98 Å². The van der Waals surface area contributed by atoms with E-state index < -0.39 is 6.04 Å². The minimum atomic E-state index is -0.647. The Balaban J connectivity index is 1.24. The van der Waals surface area contributed by atoms with Crippen LogP contribution in [0.4, 0.5) is 10.1 Å². The van der Waals surface area contributed by atoms with Gasteiger partial charge in [-0.3, -0.25) is 14.6 Å². The smallest absolute Gasteiger partial charge is 0.259 e. The molecule has 1 atom stereocenters. The van der Waals surface area contributed by atoms with Crippen LogP contribution in [-0.2, 0) is 21.8 Å². The maximum absolute atomic E-state index is 13.6. The summed E-state index contributed by atoms with van der Waals surface area (Å²) in [4.78, 5) is 36.7. The van der Waals surface area contributed by atoms with Crippen molar-refractivity contribution in [2.75, 3.05) is 6.54 Å². The summed E-state index contributed by atoms with van der Waals surface area (Å²) >= 11 is 1.37. The predicted molar refractivity (Wildman–Crippen MR) is 141 cm³/mol. The lowest BCUT2D eigenvalue weighted by Crippen LogP contribution is -2.41. The highest BCUT2D eigenvalue weighted by atomic mass is 32.2. The highest BCUT2D eigenvalue weighted by molar-refractivity contribution is 8.13. The van der Waals surface area contributed by atoms with Gasteiger partial charge in [-0.1, -0.05) is 66.4 Å². The number of aliphatic imine (C=N–C) groups is 2. The van der Waals surface area contributed by atoms with Crippen LogP contribution >= 0.6 is 11.8 Å². The van der Waals surface area contributed by atoms with Gasteiger partial charge in [0, 0.05) is 24.3 Å². The van der Waals surface area contributed by atoms with Gasteiger partial charge in [0.15, 0.2) is 5.17 Å². The van der Waals surface area contributed by atoms with Crippen LogP contribution < -0.4 is 5.32 Å². The summed E-state index contributed by atoms with van der Waals surface area (Å²) < 4.78 is 13.6. The summed E-state index contributed by atoms with van der Waals surface area (Å²) in [6.07, 6.45) is 1.28. The molecule has 6 nitrogen and oxygen atoms in total. The van der Waals surface area contributed by atoms with Crippen molar-refractivity contribution in [3.63, 3.8) is 0 Å². The average molecular weight is 501 g/mol. The number of fused-ring (bicyclic) bond motifs is 3. The molecule has 3 aromatic rings. The normalized spacial score (nSPS) is 16.2. The van der Waals surface area contributed by atoms with Crippen LogP contribution in [0.5, 0.6) is 0 Å². The van der Waals surface area contributed by atoms with E-state index in [0.717, 1.165) is 28.8 Å². The number of nitrogens with one attached hydrogen (secondary N) is 1. The molecule has 2 aliphatic rings. The zero-order valence-electron chi connectivity index (χ0n) is 19.6. The van der Waals surface area contributed by atoms with Crippen molar-refractivity contribution < 1.29 is 14.0 Å². The van der Waals surface area contributed by atoms with Crippen LogP contribution in [0.15, 0.2) is 88.8 Å². The molecule has 0 spiro atoms. The standard InChI is InChI=1S/C28H25FN4O2S/c29-21-10-6-9-20(17-21)18-36-28-32-23-12-5-4-11-22(23)26-31-24(27(35)33(26)28)13-14-25(34)30-16-15-19-7-2-1-3-8-19/h1-12,17,24H,13-16,18H2,(H,30,34)/t24-/m1/s1. The van der Waals surface area contributed by atoms with Crippen molar-refractivity contribution in [1.82, 2.24) is 10.2 Å². The van der Waals surface area contributed by atoms with Crippen LogP contribution in [0.25, 0.3) is 0 Å². The third-order valence-corrected chi connectivity index (χ3v) is 7.04. The van der Waals surface area contributed by atoms with E-state index in [1.807, 2.05) is 60.7 Å². The van der Waals surface area contributed by atoms with E-state index in [2.05, 4.69) is 5.32 Å². The third-order valence-electron chi connectivity index (χ3n) is 6.03. The summed E-state index contributed by atoms with van der Waals surface area (Å²) in [6.45, 7) is 0.545. The SMILES string of the molecule is O=C(CC[C@H]1N=C2c3ccccc3N=C(SCc3cccc(F)c3)N2C1=O)NCCc1ccccc1. The van der Waals surface area contributed by atoms with Gasteiger partial charge in [0.05, 0.1) is 5.69 Å². The van der Waals surface area contributed by atoms with Crippen LogP contribution in [-0.4, -0.2) is 40.3 Å². The topological polar surface area (TPSA) is 74.1 Å². The molecule has 0 aromatic heterocycles. The number of hydrogen-bond donors (Lipinski definition) is 1. The van der Waals surface area contributed by atoms with Crippen LogP contribution in [0.2, 0.25) is 0 Å². The lowest BCUT2D eigenvalue weighted by Gasteiger charge is -2.25. The number of amidine groups is 2. The van der Waals surface area contributed by atoms with Gasteiger partial charge >= 0.3 is 0 Å². The molecule has 1 N–H and O–H groups in total. The number of hydrogen-bond acceptors (Lipinski definition) is 5. The van der Waals surface area contributed by atoms with Crippen molar-refractivity contribution in [3.8, 4) is 0 Å². The van der Waals surface area contributed by atoms with Crippen molar-refractivity contribution in [2.24, 2.45) is 9.98 Å². The molecule has 0 radical (unpaired) electrons. The fraction of sp³-hybridized carbons (Fsp3) is 0.214. The van der Waals surface area contributed by atoms with Gasteiger partial charge in [-0.15, -0.1) is 0 Å². The number of amides is 2. The Bertz CT molecular complexity index is 1340. The maximum atomic E-state index is 13.6. The molecule has 8 heteroatoms. The van der Waals surface area contributed by atoms with Gasteiger partial charge in [0.25, 0.3) is 5.91 Å². The first-order chi connectivity index (χ1) is 17.6. The Morgan fingerprint density at radius 2 is 1.78 bits per heavy atom. The molecule has 0 saturated carbocycles. The number of para-hydroxylation sites is 1. The molecule has 0 fully saturated rings. The zero-order valence-corrected chi connectivity index (χ0v) is 20.4. The molecule has 0 aliphatic carbocycles. The molecule has 36 heavy (non-hydrogen) atoms. The summed E-state index contributed by atoms with van der Waals surface area (Å²) in [6, 6.07) is 23.3. The number of benzene rings is 3. The van der Waals surface area contributed by atoms with Crippen LogP contribution in [0, 0.1) is 5.82 Å². The van der Waals surface area contributed by atoms with E-state index in [0.29, 0.717) is 29.7 Å². The largest absolute Gasteiger partial charge is 0.356 e. The van der Waals surface area contributed by atoms with Crippen molar-refractivity contribution in [2.45, 2.75) is 31.1 Å². The van der Waals surface area contributed by atoms with E-state index in [1.165, 1.54) is 23.9 Å². The molecule has 0 unspecified atom stereocenters. The molecule has 3 aromatic carbocycles. The Kier molecular flexibility index (Phi) is 7.23. The van der Waals surface area contributed by atoms with Gasteiger partial charge in [-0.05, 0) is 48.2 Å². The number of nitrogens with zero attached hydrogens (tertiary/aromatic N) is 3. The molecule has 5 rings (SSSR count). The Labute approximate surface area is 213 Å². The lowest BCUT2D eigenvalue weighted by atomic mass is 10.1. The molecular formula is C28H25FN4O2S. The monoisotopic (exact) mass is 500 g/mol. The molecule has 0 bridgehead atoms. The molecular weight excluding hydrogens is 475 g/mol. The van der Waals surface area contributed by atoms with E-state index in [9.17, 15) is 14.0 Å². The van der Waals surface area contributed by atoms with Gasteiger partial charge < -0.3 is 5.32 Å². The van der Waals surface area contributed by atoms with Crippen LogP contribution in [0.3, 0.4) is 0 Å². The quantitative estimate of drug-likeness (QED) is 0.480. The number of halogens is 1. The Hall–Kier alpha value is -3.78. The van der Waals surface area contributed by atoms with Crippen LogP contribution in [0.1, 0.15) is 29.5 Å². The molecule has 2 amide bonds. The second-order valence-electron chi connectivity index (χ2n) is 8.60. The van der Waals surface area contributed by atoms with Crippen molar-refractivity contribution in [1.29, 1.82) is 0 Å². The summed E-state index contributed by atoms with van der Waals surface area (Å²) in [5, 5.41) is 3.44. The summed E-state index contributed by atoms with van der Waals surface area (Å²) in [5.74, 6) is 0.428. The molecule has 182 valence electrons. The van der Waals surface area contributed by atoms with E-state index in [-0.39, 0.29) is 24.1 Å². The second-order valence-corrected chi connectivity index (χ2v) is 9.54. The first-order valence-electron chi connectivity index (χ1n) is 11.9. The van der Waals surface area contributed by atoms with Gasteiger partial charge in [0.1, 0.15) is 17.7 Å². The fourth-order valence-corrected chi connectivity index (χ4v) is 5.15. The second kappa shape index (κ2) is 10.9. The lowest BCUT2D eigenvalue weighted by molar-refractivity contribution is -0.125. The van der Waals surface area contributed by atoms with E-state index >= 15 is 0 Å². The Morgan fingerprint density at radius 3 is 2.61 bits per heavy atom. The van der Waals surface area contributed by atoms with Crippen molar-refractivity contribution >= 4 is 40.3 Å². The average Bonchev–Trinajstić information content (AvgIpc) is 3.23. The maximum Gasteiger partial charge on any atom is 0.259 e. The zero-order chi connectivity index (χ0) is 24.9. The summed E-state index contributed by atoms with van der Waals surface area (Å²) in [5.41, 5.74) is 3.49. The summed E-state index contributed by atoms with van der Waals surface area (Å²) in [7, 11) is 0. The number of carbonyl (C=O) groups excluding carboxylic acids is 2. The number of rotatable bonds is 8. The van der Waals surface area contributed by atoms with Gasteiger partial charge in [0.2, 0.25) is 5.91 Å². The highest BCUT2D eigenvalue weighted by Crippen LogP contribution is 2.35. The minimum absolute atomic E-state index is 0.0985. The minimum Gasteiger partial charge on any atom is -0.356 e. The van der Waals surface area contributed by atoms with Crippen molar-refractivity contribution in [3.05, 3.63) is 101 Å². The predicted octanol–water partition coefficient (Wildman–Crippen LogP) is 4.86. The van der Waals surface area contributed by atoms with E-state index in [1.54, 1.807) is 11.0 Å². The molecule has 2 heterocycles.